The van der Waals surface area contributed by atoms with Gasteiger partial charge < -0.3 is 4.74 Å². The molecule has 5 heteroatoms. The van der Waals surface area contributed by atoms with Crippen molar-refractivity contribution in [2.24, 2.45) is 0 Å². The maximum Gasteiger partial charge on any atom is 0.258 e. The van der Waals surface area contributed by atoms with E-state index in [4.69, 9.17) is 9.72 Å². The predicted molar refractivity (Wildman–Crippen MR) is 122 cm³/mol. The van der Waals surface area contributed by atoms with Crippen LogP contribution in [0, 0.1) is 0 Å². The minimum absolute atomic E-state index is 0.0361. The number of fused-ring (bicyclic) bond motifs is 4. The zero-order valence-corrected chi connectivity index (χ0v) is 19.2. The smallest absolute Gasteiger partial charge is 0.258 e. The highest BCUT2D eigenvalue weighted by Crippen LogP contribution is 2.50. The first kappa shape index (κ1) is 20.3. The Labute approximate surface area is 183 Å². The molecule has 0 N–H and O–H groups in total. The van der Waals surface area contributed by atoms with Crippen LogP contribution in [-0.2, 0) is 16.6 Å². The topological polar surface area (TPSA) is 44.1 Å². The van der Waals surface area contributed by atoms with Crippen molar-refractivity contribution in [3.63, 3.8) is 0 Å². The summed E-state index contributed by atoms with van der Waals surface area (Å²) in [6.45, 7) is 7.11. The highest BCUT2D eigenvalue weighted by Gasteiger charge is 2.45. The summed E-state index contributed by atoms with van der Waals surface area (Å²) in [5.41, 5.74) is 4.46. The van der Waals surface area contributed by atoms with Gasteiger partial charge in [0.2, 0.25) is 0 Å². The number of thioether (sulfide) groups is 1. The number of nitrogens with zero attached hydrogens (tertiary/aromatic N) is 2. The molecule has 30 heavy (non-hydrogen) atoms. The van der Waals surface area contributed by atoms with E-state index < -0.39 is 0 Å². The van der Waals surface area contributed by atoms with Crippen LogP contribution in [0.15, 0.2) is 34.2 Å². The number of ether oxygens (including phenoxy) is 1. The number of hydrogen-bond acceptors (Lipinski definition) is 4. The van der Waals surface area contributed by atoms with Gasteiger partial charge >= 0.3 is 0 Å². The van der Waals surface area contributed by atoms with Crippen molar-refractivity contribution in [2.75, 3.05) is 12.4 Å². The largest absolute Gasteiger partial charge is 0.375 e. The third-order valence-corrected chi connectivity index (χ3v) is 8.12. The minimum Gasteiger partial charge on any atom is -0.375 e. The Kier molecular flexibility index (Phi) is 5.10. The molecule has 2 heterocycles. The summed E-state index contributed by atoms with van der Waals surface area (Å²) in [6, 6.07) is 8.75. The quantitative estimate of drug-likeness (QED) is 0.481. The average Bonchev–Trinajstić information content (AvgIpc) is 3.16. The molecule has 1 unspecified atom stereocenters. The molecule has 0 radical (unpaired) electrons. The first-order valence-electron chi connectivity index (χ1n) is 11.5. The van der Waals surface area contributed by atoms with Gasteiger partial charge in [0.1, 0.15) is 0 Å². The van der Waals surface area contributed by atoms with Gasteiger partial charge in [-0.3, -0.25) is 9.36 Å². The molecular formula is C25H32N2O2S. The third kappa shape index (κ3) is 3.25. The van der Waals surface area contributed by atoms with Gasteiger partial charge in [0.05, 0.1) is 16.9 Å². The van der Waals surface area contributed by atoms with Crippen LogP contribution in [0.2, 0.25) is 0 Å². The lowest BCUT2D eigenvalue weighted by Crippen LogP contribution is -2.44. The van der Waals surface area contributed by atoms with Crippen molar-refractivity contribution < 1.29 is 4.74 Å². The molecule has 0 amide bonds. The molecule has 5 rings (SSSR count). The summed E-state index contributed by atoms with van der Waals surface area (Å²) in [4.78, 5) is 19.5. The number of hydrogen-bond donors (Lipinski definition) is 0. The fourth-order valence-electron chi connectivity index (χ4n) is 6.00. The van der Waals surface area contributed by atoms with E-state index in [2.05, 4.69) is 49.6 Å². The Bertz CT molecular complexity index is 1020. The van der Waals surface area contributed by atoms with Gasteiger partial charge in [0.25, 0.3) is 5.56 Å². The molecule has 1 saturated heterocycles. The molecule has 160 valence electrons. The molecule has 2 aromatic rings. The SMILES string of the molecule is CCSc1nc2c(c(=O)n1C1CCOC(C)(C)C1)C1(CCCC1)Cc1ccccc1-2. The second-order valence-electron chi connectivity index (χ2n) is 9.80. The Morgan fingerprint density at radius 3 is 2.73 bits per heavy atom. The Hall–Kier alpha value is -1.59. The summed E-state index contributed by atoms with van der Waals surface area (Å²) in [5, 5.41) is 0.883. The van der Waals surface area contributed by atoms with Crippen LogP contribution in [0.3, 0.4) is 0 Å². The lowest BCUT2D eigenvalue weighted by molar-refractivity contribution is -0.0710. The molecule has 1 aromatic carbocycles. The van der Waals surface area contributed by atoms with Crippen LogP contribution in [0.5, 0.6) is 0 Å². The van der Waals surface area contributed by atoms with E-state index in [1.165, 1.54) is 24.0 Å². The maximum absolute atomic E-state index is 14.3. The van der Waals surface area contributed by atoms with Crippen molar-refractivity contribution in [1.82, 2.24) is 9.55 Å². The van der Waals surface area contributed by atoms with Crippen LogP contribution in [0.1, 0.15) is 76.5 Å². The van der Waals surface area contributed by atoms with E-state index in [1.807, 2.05) is 0 Å². The van der Waals surface area contributed by atoms with Crippen molar-refractivity contribution >= 4 is 11.8 Å². The molecule has 1 spiro atoms. The van der Waals surface area contributed by atoms with Crippen LogP contribution >= 0.6 is 11.8 Å². The van der Waals surface area contributed by atoms with E-state index in [0.29, 0.717) is 6.61 Å². The van der Waals surface area contributed by atoms with Crippen LogP contribution in [-0.4, -0.2) is 27.5 Å². The normalized spacial score (nSPS) is 23.9. The van der Waals surface area contributed by atoms with Crippen molar-refractivity contribution in [1.29, 1.82) is 0 Å². The Balaban J connectivity index is 1.76. The second kappa shape index (κ2) is 7.52. The van der Waals surface area contributed by atoms with E-state index >= 15 is 0 Å². The molecule has 4 nitrogen and oxygen atoms in total. The van der Waals surface area contributed by atoms with Gasteiger partial charge in [-0.25, -0.2) is 4.98 Å². The van der Waals surface area contributed by atoms with Gasteiger partial charge in [-0.1, -0.05) is 55.8 Å². The van der Waals surface area contributed by atoms with E-state index in [-0.39, 0.29) is 22.6 Å². The van der Waals surface area contributed by atoms with Crippen molar-refractivity contribution in [2.45, 2.75) is 87.9 Å². The molecule has 0 bridgehead atoms. The van der Waals surface area contributed by atoms with Gasteiger partial charge in [-0.05, 0) is 57.3 Å². The zero-order valence-electron chi connectivity index (χ0n) is 18.4. The van der Waals surface area contributed by atoms with Crippen molar-refractivity contribution in [3.8, 4) is 11.3 Å². The molecule has 1 saturated carbocycles. The van der Waals surface area contributed by atoms with Crippen LogP contribution < -0.4 is 5.56 Å². The molecule has 2 fully saturated rings. The fourth-order valence-corrected chi connectivity index (χ4v) is 6.78. The zero-order chi connectivity index (χ0) is 20.9. The first-order chi connectivity index (χ1) is 14.4. The Morgan fingerprint density at radius 2 is 2.00 bits per heavy atom. The molecule has 1 atom stereocenters. The van der Waals surface area contributed by atoms with Gasteiger partial charge in [-0.15, -0.1) is 0 Å². The monoisotopic (exact) mass is 424 g/mol. The summed E-state index contributed by atoms with van der Waals surface area (Å²) in [6.07, 6.45) is 7.33. The predicted octanol–water partition coefficient (Wildman–Crippen LogP) is 5.52. The first-order valence-corrected chi connectivity index (χ1v) is 12.4. The molecule has 3 aliphatic rings. The Morgan fingerprint density at radius 1 is 1.23 bits per heavy atom. The summed E-state index contributed by atoms with van der Waals surface area (Å²) >= 11 is 1.70. The van der Waals surface area contributed by atoms with E-state index in [1.54, 1.807) is 11.8 Å². The van der Waals surface area contributed by atoms with E-state index in [0.717, 1.165) is 54.3 Å². The van der Waals surface area contributed by atoms with Crippen LogP contribution in [0.4, 0.5) is 0 Å². The van der Waals surface area contributed by atoms with E-state index in [9.17, 15) is 4.79 Å². The highest BCUT2D eigenvalue weighted by molar-refractivity contribution is 7.99. The van der Waals surface area contributed by atoms with Gasteiger partial charge in [0.15, 0.2) is 5.16 Å². The third-order valence-electron chi connectivity index (χ3n) is 7.28. The fraction of sp³-hybridized carbons (Fsp3) is 0.600. The number of aromatic nitrogens is 2. The second-order valence-corrected chi connectivity index (χ2v) is 11.0. The minimum atomic E-state index is -0.204. The average molecular weight is 425 g/mol. The standard InChI is InChI=1S/C25H32N2O2S/c1-4-30-23-26-21-19-10-6-5-9-17(19)15-25(12-7-8-13-25)20(21)22(28)27(23)18-11-14-29-24(2,3)16-18/h5-6,9-10,18H,4,7-8,11-16H2,1-3H3. The molecular weight excluding hydrogens is 392 g/mol. The summed E-state index contributed by atoms with van der Waals surface area (Å²) in [5.74, 6) is 0.907. The van der Waals surface area contributed by atoms with Crippen LogP contribution in [0.25, 0.3) is 11.3 Å². The lowest BCUT2D eigenvalue weighted by atomic mass is 9.68. The molecule has 2 aliphatic carbocycles. The summed E-state index contributed by atoms with van der Waals surface area (Å²) < 4.78 is 8.03. The molecule has 1 aromatic heterocycles. The summed E-state index contributed by atoms with van der Waals surface area (Å²) in [7, 11) is 0. The van der Waals surface area contributed by atoms with Gasteiger partial charge in [0, 0.05) is 23.6 Å². The lowest BCUT2D eigenvalue weighted by Gasteiger charge is -2.40. The van der Waals surface area contributed by atoms with Gasteiger partial charge in [-0.2, -0.15) is 0 Å². The highest BCUT2D eigenvalue weighted by atomic mass is 32.2. The number of rotatable bonds is 3. The number of benzene rings is 1. The maximum atomic E-state index is 14.3. The molecule has 1 aliphatic heterocycles. The van der Waals surface area contributed by atoms with Crippen molar-refractivity contribution in [3.05, 3.63) is 45.7 Å².